The van der Waals surface area contributed by atoms with E-state index in [1.807, 2.05) is 20.8 Å². The smallest absolute Gasteiger partial charge is 0.342 e. The van der Waals surface area contributed by atoms with Gasteiger partial charge < -0.3 is 29.5 Å². The number of benzene rings is 1. The summed E-state index contributed by atoms with van der Waals surface area (Å²) < 4.78 is 17.6. The molecule has 2 heterocycles. The van der Waals surface area contributed by atoms with Crippen molar-refractivity contribution in [1.82, 2.24) is 0 Å². The van der Waals surface area contributed by atoms with E-state index in [0.29, 0.717) is 29.9 Å². The van der Waals surface area contributed by atoms with E-state index in [9.17, 15) is 24.9 Å². The van der Waals surface area contributed by atoms with Crippen LogP contribution < -0.4 is 9.47 Å². The predicted molar refractivity (Wildman–Crippen MR) is 118 cm³/mol. The van der Waals surface area contributed by atoms with Gasteiger partial charge in [0.2, 0.25) is 0 Å². The van der Waals surface area contributed by atoms with E-state index in [4.69, 9.17) is 14.2 Å². The van der Waals surface area contributed by atoms with Gasteiger partial charge in [-0.05, 0) is 51.5 Å². The number of esters is 1. The SMILES string of the molecule is COc1c2c(c(C)c3c1C(=O)OC3)O[C@]1(C)CC(O)C(C(C)(C)O)[C@@](C)(CCC(=O)O)[C@@H]1C2. The number of hydrogen-bond donors (Lipinski definition) is 3. The van der Waals surface area contributed by atoms with Crippen molar-refractivity contribution in [2.24, 2.45) is 17.3 Å². The Morgan fingerprint density at radius 3 is 2.52 bits per heavy atom. The molecule has 1 aromatic carbocycles. The maximum atomic E-state index is 12.5. The molecule has 0 bridgehead atoms. The van der Waals surface area contributed by atoms with Gasteiger partial charge in [-0.2, -0.15) is 0 Å². The number of aliphatic hydroxyl groups excluding tert-OH is 1. The third-order valence-corrected chi connectivity index (χ3v) is 8.25. The van der Waals surface area contributed by atoms with Crippen LogP contribution in [-0.4, -0.2) is 51.7 Å². The zero-order valence-corrected chi connectivity index (χ0v) is 20.2. The van der Waals surface area contributed by atoms with Crippen LogP contribution in [-0.2, 0) is 22.6 Å². The second-order valence-corrected chi connectivity index (χ2v) is 10.9. The second kappa shape index (κ2) is 7.60. The normalized spacial score (nSPS) is 32.8. The van der Waals surface area contributed by atoms with Crippen LogP contribution in [0.2, 0.25) is 0 Å². The van der Waals surface area contributed by atoms with Crippen LogP contribution in [0.15, 0.2) is 0 Å². The fourth-order valence-electron chi connectivity index (χ4n) is 7.11. The van der Waals surface area contributed by atoms with Crippen molar-refractivity contribution in [1.29, 1.82) is 0 Å². The zero-order valence-electron chi connectivity index (χ0n) is 20.2. The summed E-state index contributed by atoms with van der Waals surface area (Å²) in [6.45, 7) is 9.27. The topological polar surface area (TPSA) is 123 Å². The molecule has 0 amide bonds. The van der Waals surface area contributed by atoms with Gasteiger partial charge in [0.05, 0.1) is 18.8 Å². The summed E-state index contributed by atoms with van der Waals surface area (Å²) in [5.41, 5.74) is -0.0651. The lowest BCUT2D eigenvalue weighted by Crippen LogP contribution is -2.66. The lowest BCUT2D eigenvalue weighted by atomic mass is 9.48. The summed E-state index contributed by atoms with van der Waals surface area (Å²) in [5.74, 6) is -1.10. The number of aliphatic carboxylic acids is 1. The van der Waals surface area contributed by atoms with Crippen molar-refractivity contribution < 1.29 is 39.1 Å². The number of carboxylic acid groups (broad SMARTS) is 1. The molecule has 1 aromatic rings. The van der Waals surface area contributed by atoms with Crippen LogP contribution in [0.4, 0.5) is 0 Å². The summed E-state index contributed by atoms with van der Waals surface area (Å²) in [6.07, 6.45) is 0.0469. The van der Waals surface area contributed by atoms with Gasteiger partial charge in [-0.1, -0.05) is 6.92 Å². The molecular weight excluding hydrogens is 428 g/mol. The minimum Gasteiger partial charge on any atom is -0.495 e. The standard InChI is InChI=1S/C25H34O8/c1-12-14-11-32-22(29)18(14)20(31-6)13-9-16-24(4,8-7-17(27)28)21(23(2,3)30)15(26)10-25(16,5)33-19(12)13/h15-16,21,26,30H,7-11H2,1-6H3,(H,27,28)/t15?,16-,21?,24-,25+/m0/s1. The fraction of sp³-hybridized carbons (Fsp3) is 0.680. The monoisotopic (exact) mass is 462 g/mol. The van der Waals surface area contributed by atoms with Gasteiger partial charge >= 0.3 is 11.9 Å². The molecule has 3 aliphatic rings. The van der Waals surface area contributed by atoms with Crippen molar-refractivity contribution in [2.75, 3.05) is 7.11 Å². The molecule has 2 unspecified atom stereocenters. The van der Waals surface area contributed by atoms with Crippen molar-refractivity contribution in [3.63, 3.8) is 0 Å². The third kappa shape index (κ3) is 3.49. The van der Waals surface area contributed by atoms with E-state index in [2.05, 4.69) is 0 Å². The molecule has 33 heavy (non-hydrogen) atoms. The van der Waals surface area contributed by atoms with Crippen molar-refractivity contribution in [3.05, 3.63) is 22.3 Å². The molecule has 1 saturated carbocycles. The lowest BCUT2D eigenvalue weighted by molar-refractivity contribution is -0.213. The highest BCUT2D eigenvalue weighted by Gasteiger charge is 2.63. The average Bonchev–Trinajstić information content (AvgIpc) is 3.07. The number of carbonyl (C=O) groups excluding carboxylic acids is 1. The molecule has 8 heteroatoms. The highest BCUT2D eigenvalue weighted by Crippen LogP contribution is 2.61. The van der Waals surface area contributed by atoms with E-state index >= 15 is 0 Å². The number of cyclic esters (lactones) is 1. The summed E-state index contributed by atoms with van der Waals surface area (Å²) in [5, 5.41) is 31.8. The third-order valence-electron chi connectivity index (χ3n) is 8.25. The first-order valence-corrected chi connectivity index (χ1v) is 11.4. The molecule has 5 atom stereocenters. The molecular formula is C25H34O8. The first-order chi connectivity index (χ1) is 15.2. The van der Waals surface area contributed by atoms with E-state index in [1.165, 1.54) is 7.11 Å². The maximum absolute atomic E-state index is 12.5. The molecule has 3 N–H and O–H groups in total. The summed E-state index contributed by atoms with van der Waals surface area (Å²) in [6, 6.07) is 0. The zero-order chi connectivity index (χ0) is 24.5. The summed E-state index contributed by atoms with van der Waals surface area (Å²) >= 11 is 0. The van der Waals surface area contributed by atoms with E-state index < -0.39 is 40.6 Å². The van der Waals surface area contributed by atoms with E-state index in [0.717, 1.165) is 16.7 Å². The largest absolute Gasteiger partial charge is 0.495 e. The molecule has 0 radical (unpaired) electrons. The molecule has 1 aliphatic carbocycles. The molecule has 1 fully saturated rings. The Labute approximate surface area is 193 Å². The number of hydrogen-bond acceptors (Lipinski definition) is 7. The maximum Gasteiger partial charge on any atom is 0.342 e. The molecule has 0 saturated heterocycles. The van der Waals surface area contributed by atoms with Crippen LogP contribution >= 0.6 is 0 Å². The van der Waals surface area contributed by atoms with Crippen LogP contribution in [0.25, 0.3) is 0 Å². The number of methoxy groups -OCH3 is 1. The number of carboxylic acids is 1. The van der Waals surface area contributed by atoms with Gasteiger partial charge in [-0.3, -0.25) is 4.79 Å². The van der Waals surface area contributed by atoms with Crippen molar-refractivity contribution >= 4 is 11.9 Å². The van der Waals surface area contributed by atoms with Crippen LogP contribution in [0.3, 0.4) is 0 Å². The van der Waals surface area contributed by atoms with Crippen LogP contribution in [0, 0.1) is 24.2 Å². The number of fused-ring (bicyclic) bond motifs is 3. The van der Waals surface area contributed by atoms with Crippen molar-refractivity contribution in [2.45, 2.75) is 84.2 Å². The van der Waals surface area contributed by atoms with Crippen LogP contribution in [0.1, 0.15) is 74.0 Å². The Hall–Kier alpha value is -2.32. The molecule has 0 spiro atoms. The number of ether oxygens (including phenoxy) is 3. The van der Waals surface area contributed by atoms with Gasteiger partial charge in [0.1, 0.15) is 29.3 Å². The first-order valence-electron chi connectivity index (χ1n) is 11.4. The highest BCUT2D eigenvalue weighted by molar-refractivity contribution is 5.98. The van der Waals surface area contributed by atoms with Crippen molar-refractivity contribution in [3.8, 4) is 11.5 Å². The molecule has 2 aliphatic heterocycles. The fourth-order valence-corrected chi connectivity index (χ4v) is 7.11. The predicted octanol–water partition coefficient (Wildman–Crippen LogP) is 3.01. The second-order valence-electron chi connectivity index (χ2n) is 10.9. The highest BCUT2D eigenvalue weighted by atomic mass is 16.5. The van der Waals surface area contributed by atoms with Crippen LogP contribution in [0.5, 0.6) is 11.5 Å². The minimum atomic E-state index is -1.24. The van der Waals surface area contributed by atoms with Gasteiger partial charge in [0, 0.05) is 35.8 Å². The molecule has 4 rings (SSSR count). The quantitative estimate of drug-likeness (QED) is 0.571. The Morgan fingerprint density at radius 2 is 1.94 bits per heavy atom. The van der Waals surface area contributed by atoms with Gasteiger partial charge in [0.15, 0.2) is 0 Å². The molecule has 8 nitrogen and oxygen atoms in total. The first kappa shape index (κ1) is 23.8. The molecule has 182 valence electrons. The Morgan fingerprint density at radius 1 is 1.27 bits per heavy atom. The van der Waals surface area contributed by atoms with Gasteiger partial charge in [-0.15, -0.1) is 0 Å². The number of rotatable bonds is 5. The Bertz CT molecular complexity index is 1010. The minimum absolute atomic E-state index is 0.0953. The number of carbonyl (C=O) groups is 2. The summed E-state index contributed by atoms with van der Waals surface area (Å²) in [7, 11) is 1.51. The lowest BCUT2D eigenvalue weighted by Gasteiger charge is -2.61. The average molecular weight is 463 g/mol. The van der Waals surface area contributed by atoms with E-state index in [1.54, 1.807) is 13.8 Å². The molecule has 0 aromatic heterocycles. The number of aliphatic hydroxyl groups is 2. The van der Waals surface area contributed by atoms with Gasteiger partial charge in [0.25, 0.3) is 0 Å². The van der Waals surface area contributed by atoms with E-state index in [-0.39, 0.29) is 25.4 Å². The summed E-state index contributed by atoms with van der Waals surface area (Å²) in [4.78, 5) is 24.0. The van der Waals surface area contributed by atoms with Gasteiger partial charge in [-0.25, -0.2) is 4.79 Å². The Balaban J connectivity index is 1.91. The Kier molecular flexibility index (Phi) is 5.49.